The zero-order valence-corrected chi connectivity index (χ0v) is 11.6. The van der Waals surface area contributed by atoms with Crippen LogP contribution in [-0.2, 0) is 5.75 Å². The molecule has 0 aromatic carbocycles. The van der Waals surface area contributed by atoms with E-state index in [0.717, 1.165) is 28.8 Å². The summed E-state index contributed by atoms with van der Waals surface area (Å²) in [6.45, 7) is 2.89. The van der Waals surface area contributed by atoms with Gasteiger partial charge >= 0.3 is 0 Å². The van der Waals surface area contributed by atoms with Gasteiger partial charge in [-0.05, 0) is 31.2 Å². The van der Waals surface area contributed by atoms with Gasteiger partial charge in [-0.15, -0.1) is 0 Å². The first kappa shape index (κ1) is 13.2. The molecule has 0 spiro atoms. The maximum absolute atomic E-state index is 6.14. The van der Waals surface area contributed by atoms with E-state index in [-0.39, 0.29) is 0 Å². The lowest BCUT2D eigenvalue weighted by atomic mass is 10.3. The van der Waals surface area contributed by atoms with Gasteiger partial charge in [0.15, 0.2) is 0 Å². The molecule has 3 nitrogen and oxygen atoms in total. The van der Waals surface area contributed by atoms with Crippen molar-refractivity contribution >= 4 is 29.2 Å². The van der Waals surface area contributed by atoms with Crippen LogP contribution in [0.4, 0.5) is 5.82 Å². The number of aromatic nitrogens is 2. The maximum Gasteiger partial charge on any atom is 0.126 e. The number of nitrogens with zero attached hydrogens (tertiary/aromatic N) is 2. The van der Waals surface area contributed by atoms with Crippen LogP contribution in [0.25, 0.3) is 0 Å². The fraction of sp³-hybridized carbons (Fsp3) is 0.231. The molecule has 1 N–H and O–H groups in total. The average molecular weight is 280 g/mol. The summed E-state index contributed by atoms with van der Waals surface area (Å²) in [5.74, 6) is 1.58. The molecule has 2 heterocycles. The Morgan fingerprint density at radius 2 is 2.17 bits per heavy atom. The van der Waals surface area contributed by atoms with Gasteiger partial charge in [-0.25, -0.2) is 9.97 Å². The Kier molecular flexibility index (Phi) is 4.84. The van der Waals surface area contributed by atoms with Crippen molar-refractivity contribution in [1.29, 1.82) is 0 Å². The third-order valence-electron chi connectivity index (χ3n) is 2.27. The summed E-state index contributed by atoms with van der Waals surface area (Å²) in [4.78, 5) is 8.74. The molecule has 2 aromatic rings. The van der Waals surface area contributed by atoms with Gasteiger partial charge in [0, 0.05) is 18.5 Å². The molecular formula is C13H14ClN3S. The van der Waals surface area contributed by atoms with Crippen LogP contribution in [-0.4, -0.2) is 16.5 Å². The van der Waals surface area contributed by atoms with Crippen molar-refractivity contribution in [2.75, 3.05) is 11.9 Å². The number of pyridine rings is 2. The molecule has 0 saturated carbocycles. The lowest BCUT2D eigenvalue weighted by molar-refractivity contribution is 1.10. The van der Waals surface area contributed by atoms with Gasteiger partial charge in [-0.1, -0.05) is 29.4 Å². The predicted octanol–water partition coefficient (Wildman–Crippen LogP) is 3.85. The van der Waals surface area contributed by atoms with E-state index in [0.29, 0.717) is 5.02 Å². The summed E-state index contributed by atoms with van der Waals surface area (Å²) in [7, 11) is 0. The van der Waals surface area contributed by atoms with Crippen molar-refractivity contribution in [1.82, 2.24) is 9.97 Å². The molecule has 2 rings (SSSR count). The Morgan fingerprint density at radius 1 is 1.28 bits per heavy atom. The van der Waals surface area contributed by atoms with Crippen LogP contribution < -0.4 is 5.32 Å². The van der Waals surface area contributed by atoms with E-state index in [1.165, 1.54) is 0 Å². The number of halogens is 1. The molecule has 0 unspecified atom stereocenters. The highest BCUT2D eigenvalue weighted by atomic mass is 35.5. The number of hydrogen-bond donors (Lipinski definition) is 1. The summed E-state index contributed by atoms with van der Waals surface area (Å²) < 4.78 is 0. The van der Waals surface area contributed by atoms with Gasteiger partial charge in [0.25, 0.3) is 0 Å². The molecule has 0 aliphatic carbocycles. The summed E-state index contributed by atoms with van der Waals surface area (Å²) in [6.07, 6.45) is 1.78. The van der Waals surface area contributed by atoms with Crippen LogP contribution in [0.15, 0.2) is 41.6 Å². The first-order valence-corrected chi connectivity index (χ1v) is 7.09. The Balaban J connectivity index is 2.06. The third-order valence-corrected chi connectivity index (χ3v) is 3.57. The Bertz CT molecular complexity index is 505. The van der Waals surface area contributed by atoms with Crippen LogP contribution in [0.3, 0.4) is 0 Å². The van der Waals surface area contributed by atoms with E-state index < -0.39 is 0 Å². The van der Waals surface area contributed by atoms with E-state index in [4.69, 9.17) is 11.6 Å². The minimum absolute atomic E-state index is 0.695. The van der Waals surface area contributed by atoms with Gasteiger partial charge in [-0.2, -0.15) is 0 Å². The van der Waals surface area contributed by atoms with Gasteiger partial charge in [0.2, 0.25) is 0 Å². The van der Waals surface area contributed by atoms with E-state index in [1.807, 2.05) is 37.3 Å². The molecule has 94 valence electrons. The molecule has 0 atom stereocenters. The topological polar surface area (TPSA) is 37.8 Å². The lowest BCUT2D eigenvalue weighted by Gasteiger charge is -2.07. The van der Waals surface area contributed by atoms with Crippen LogP contribution >= 0.6 is 23.4 Å². The van der Waals surface area contributed by atoms with Crippen LogP contribution in [0.2, 0.25) is 5.02 Å². The summed E-state index contributed by atoms with van der Waals surface area (Å²) in [5.41, 5.74) is 0.880. The minimum Gasteiger partial charge on any atom is -0.370 e. The second kappa shape index (κ2) is 6.61. The Labute approximate surface area is 116 Å². The molecule has 18 heavy (non-hydrogen) atoms. The van der Waals surface area contributed by atoms with Crippen molar-refractivity contribution < 1.29 is 0 Å². The molecule has 0 radical (unpaired) electrons. The number of rotatable bonds is 5. The standard InChI is InChI=1S/C13H14ClN3S/c1-2-15-12-7-6-10(14)11(17-12)9-18-13-5-3-4-8-16-13/h3-8H,2,9H2,1H3,(H,15,17). The van der Waals surface area contributed by atoms with Crippen LogP contribution in [0.5, 0.6) is 0 Å². The van der Waals surface area contributed by atoms with E-state index in [1.54, 1.807) is 18.0 Å². The average Bonchev–Trinajstić information content (AvgIpc) is 2.41. The smallest absolute Gasteiger partial charge is 0.126 e. The zero-order chi connectivity index (χ0) is 12.8. The molecule has 0 bridgehead atoms. The third kappa shape index (κ3) is 3.62. The second-order valence-electron chi connectivity index (χ2n) is 3.61. The first-order valence-electron chi connectivity index (χ1n) is 5.72. The van der Waals surface area contributed by atoms with Crippen molar-refractivity contribution in [2.24, 2.45) is 0 Å². The fourth-order valence-electron chi connectivity index (χ4n) is 1.44. The first-order chi connectivity index (χ1) is 8.79. The van der Waals surface area contributed by atoms with Crippen molar-refractivity contribution in [3.8, 4) is 0 Å². The highest BCUT2D eigenvalue weighted by Crippen LogP contribution is 2.25. The lowest BCUT2D eigenvalue weighted by Crippen LogP contribution is -2.01. The molecule has 0 fully saturated rings. The number of anilines is 1. The molecule has 0 saturated heterocycles. The maximum atomic E-state index is 6.14. The van der Waals surface area contributed by atoms with Crippen molar-refractivity contribution in [2.45, 2.75) is 17.7 Å². The number of hydrogen-bond acceptors (Lipinski definition) is 4. The van der Waals surface area contributed by atoms with E-state index >= 15 is 0 Å². The highest BCUT2D eigenvalue weighted by molar-refractivity contribution is 7.98. The quantitative estimate of drug-likeness (QED) is 0.844. The molecule has 0 aliphatic heterocycles. The Hall–Kier alpha value is -1.26. The fourth-order valence-corrected chi connectivity index (χ4v) is 2.51. The summed E-state index contributed by atoms with van der Waals surface area (Å²) in [5, 5.41) is 4.85. The molecule has 2 aromatic heterocycles. The van der Waals surface area contributed by atoms with Gasteiger partial charge in [-0.3, -0.25) is 0 Å². The van der Waals surface area contributed by atoms with Crippen LogP contribution in [0.1, 0.15) is 12.6 Å². The van der Waals surface area contributed by atoms with Gasteiger partial charge < -0.3 is 5.32 Å². The van der Waals surface area contributed by atoms with E-state index in [9.17, 15) is 0 Å². The van der Waals surface area contributed by atoms with Crippen molar-refractivity contribution in [3.63, 3.8) is 0 Å². The summed E-state index contributed by atoms with van der Waals surface area (Å²) >= 11 is 7.77. The van der Waals surface area contributed by atoms with Gasteiger partial charge in [0.1, 0.15) is 5.82 Å². The minimum atomic E-state index is 0.695. The highest BCUT2D eigenvalue weighted by Gasteiger charge is 2.05. The normalized spacial score (nSPS) is 10.3. The van der Waals surface area contributed by atoms with Crippen LogP contribution in [0, 0.1) is 0 Å². The Morgan fingerprint density at radius 3 is 2.89 bits per heavy atom. The number of nitrogens with one attached hydrogen (secondary N) is 1. The zero-order valence-electron chi connectivity index (χ0n) is 10.1. The predicted molar refractivity (Wildman–Crippen MR) is 77.2 cm³/mol. The van der Waals surface area contributed by atoms with E-state index in [2.05, 4.69) is 15.3 Å². The monoisotopic (exact) mass is 279 g/mol. The number of thioether (sulfide) groups is 1. The van der Waals surface area contributed by atoms with Gasteiger partial charge in [0.05, 0.1) is 15.7 Å². The largest absolute Gasteiger partial charge is 0.370 e. The molecule has 5 heteroatoms. The van der Waals surface area contributed by atoms with Crippen molar-refractivity contribution in [3.05, 3.63) is 47.2 Å². The second-order valence-corrected chi connectivity index (χ2v) is 5.01. The summed E-state index contributed by atoms with van der Waals surface area (Å²) in [6, 6.07) is 9.62. The molecule has 0 amide bonds. The SMILES string of the molecule is CCNc1ccc(Cl)c(CSc2ccccn2)n1. The molecule has 0 aliphatic rings. The molecular weight excluding hydrogens is 266 g/mol.